The van der Waals surface area contributed by atoms with Crippen molar-refractivity contribution in [1.29, 1.82) is 0 Å². The Bertz CT molecular complexity index is 554. The van der Waals surface area contributed by atoms with Gasteiger partial charge in [-0.25, -0.2) is 4.39 Å². The van der Waals surface area contributed by atoms with Gasteiger partial charge in [-0.05, 0) is 36.4 Å². The number of pyridine rings is 1. The van der Waals surface area contributed by atoms with Gasteiger partial charge >= 0.3 is 0 Å². The van der Waals surface area contributed by atoms with E-state index in [4.69, 9.17) is 5.73 Å². The highest BCUT2D eigenvalue weighted by atomic mass is 19.1. The summed E-state index contributed by atoms with van der Waals surface area (Å²) < 4.78 is 12.9. The lowest BCUT2D eigenvalue weighted by molar-refractivity contribution is 0.572. The molecular weight excluding hydrogens is 227 g/mol. The zero-order valence-electron chi connectivity index (χ0n) is 10.9. The molecule has 2 N–H and O–H groups in total. The summed E-state index contributed by atoms with van der Waals surface area (Å²) in [5.74, 6) is -0.245. The van der Waals surface area contributed by atoms with Crippen LogP contribution in [0.25, 0.3) is 11.3 Å². The summed E-state index contributed by atoms with van der Waals surface area (Å²) in [4.78, 5) is 4.60. The third-order valence-corrected chi connectivity index (χ3v) is 2.78. The van der Waals surface area contributed by atoms with Gasteiger partial charge < -0.3 is 5.73 Å². The minimum Gasteiger partial charge on any atom is -0.397 e. The van der Waals surface area contributed by atoms with Crippen molar-refractivity contribution in [3.63, 3.8) is 0 Å². The van der Waals surface area contributed by atoms with E-state index in [9.17, 15) is 4.39 Å². The van der Waals surface area contributed by atoms with Crippen LogP contribution >= 0.6 is 0 Å². The molecule has 94 valence electrons. The topological polar surface area (TPSA) is 38.9 Å². The Balaban J connectivity index is 2.50. The fourth-order valence-corrected chi connectivity index (χ4v) is 1.85. The van der Waals surface area contributed by atoms with Gasteiger partial charge in [0, 0.05) is 11.0 Å². The molecule has 2 nitrogen and oxygen atoms in total. The molecule has 0 aliphatic rings. The largest absolute Gasteiger partial charge is 0.397 e. The second-order valence-corrected chi connectivity index (χ2v) is 5.39. The molecule has 0 saturated heterocycles. The minimum atomic E-state index is -0.245. The fourth-order valence-electron chi connectivity index (χ4n) is 1.85. The summed E-state index contributed by atoms with van der Waals surface area (Å²) >= 11 is 0. The van der Waals surface area contributed by atoms with E-state index in [0.717, 1.165) is 17.0 Å². The van der Waals surface area contributed by atoms with E-state index in [2.05, 4.69) is 25.8 Å². The molecule has 0 spiro atoms. The summed E-state index contributed by atoms with van der Waals surface area (Å²) in [7, 11) is 0. The molecule has 0 bridgehead atoms. The first kappa shape index (κ1) is 12.6. The minimum absolute atomic E-state index is 0.111. The maximum absolute atomic E-state index is 12.9. The average molecular weight is 244 g/mol. The first-order valence-electron chi connectivity index (χ1n) is 5.91. The van der Waals surface area contributed by atoms with Gasteiger partial charge in [0.05, 0.1) is 17.1 Å². The van der Waals surface area contributed by atoms with Gasteiger partial charge in [-0.3, -0.25) is 4.98 Å². The monoisotopic (exact) mass is 244 g/mol. The van der Waals surface area contributed by atoms with E-state index >= 15 is 0 Å². The fraction of sp³-hybridized carbons (Fsp3) is 0.267. The normalized spacial score (nSPS) is 11.6. The van der Waals surface area contributed by atoms with Crippen LogP contribution in [-0.2, 0) is 5.41 Å². The highest BCUT2D eigenvalue weighted by Gasteiger charge is 2.19. The number of nitrogens with two attached hydrogens (primary N) is 1. The second-order valence-electron chi connectivity index (χ2n) is 5.39. The second kappa shape index (κ2) is 4.41. The SMILES string of the molecule is CC(C)(C)c1nc(-c2ccc(F)cc2)ccc1N. The van der Waals surface area contributed by atoms with Gasteiger partial charge in [0.15, 0.2) is 0 Å². The van der Waals surface area contributed by atoms with Gasteiger partial charge in [-0.1, -0.05) is 20.8 Å². The molecule has 3 heteroatoms. The number of nitrogen functional groups attached to an aromatic ring is 1. The number of halogens is 1. The Labute approximate surface area is 107 Å². The first-order chi connectivity index (χ1) is 8.38. The van der Waals surface area contributed by atoms with Gasteiger partial charge in [0.2, 0.25) is 0 Å². The summed E-state index contributed by atoms with van der Waals surface area (Å²) in [6.07, 6.45) is 0. The number of hydrogen-bond donors (Lipinski definition) is 1. The van der Waals surface area contributed by atoms with Crippen molar-refractivity contribution >= 4 is 5.69 Å². The molecule has 1 aromatic carbocycles. The van der Waals surface area contributed by atoms with E-state index in [-0.39, 0.29) is 11.2 Å². The van der Waals surface area contributed by atoms with E-state index in [0.29, 0.717) is 5.69 Å². The lowest BCUT2D eigenvalue weighted by Crippen LogP contribution is -2.16. The van der Waals surface area contributed by atoms with Crippen molar-refractivity contribution in [3.05, 3.63) is 47.9 Å². The zero-order valence-corrected chi connectivity index (χ0v) is 10.9. The Morgan fingerprint density at radius 3 is 2.17 bits per heavy atom. The van der Waals surface area contributed by atoms with Crippen LogP contribution in [0.2, 0.25) is 0 Å². The molecule has 0 aliphatic carbocycles. The Morgan fingerprint density at radius 1 is 1.00 bits per heavy atom. The predicted octanol–water partition coefficient (Wildman–Crippen LogP) is 3.77. The number of nitrogens with zero attached hydrogens (tertiary/aromatic N) is 1. The molecule has 0 atom stereocenters. The van der Waals surface area contributed by atoms with Crippen LogP contribution in [0.4, 0.5) is 10.1 Å². The molecule has 0 fully saturated rings. The van der Waals surface area contributed by atoms with Crippen molar-refractivity contribution in [2.24, 2.45) is 0 Å². The zero-order chi connectivity index (χ0) is 13.3. The number of anilines is 1. The standard InChI is InChI=1S/C15H17FN2/c1-15(2,3)14-12(17)8-9-13(18-14)10-4-6-11(16)7-5-10/h4-9H,17H2,1-3H3. The highest BCUT2D eigenvalue weighted by Crippen LogP contribution is 2.28. The van der Waals surface area contributed by atoms with E-state index in [1.165, 1.54) is 12.1 Å². The molecule has 0 amide bonds. The van der Waals surface area contributed by atoms with Crippen LogP contribution in [0.3, 0.4) is 0 Å². The molecule has 2 aromatic rings. The number of rotatable bonds is 1. The Hall–Kier alpha value is -1.90. The lowest BCUT2D eigenvalue weighted by Gasteiger charge is -2.20. The van der Waals surface area contributed by atoms with Crippen molar-refractivity contribution < 1.29 is 4.39 Å². The molecule has 0 aliphatic heterocycles. The van der Waals surface area contributed by atoms with Crippen LogP contribution in [0.1, 0.15) is 26.5 Å². The van der Waals surface area contributed by atoms with Crippen molar-refractivity contribution in [2.75, 3.05) is 5.73 Å². The Morgan fingerprint density at radius 2 is 1.61 bits per heavy atom. The average Bonchev–Trinajstić information content (AvgIpc) is 2.29. The summed E-state index contributed by atoms with van der Waals surface area (Å²) in [6, 6.07) is 10.0. The molecule has 2 rings (SSSR count). The third-order valence-electron chi connectivity index (χ3n) is 2.78. The number of hydrogen-bond acceptors (Lipinski definition) is 2. The van der Waals surface area contributed by atoms with Crippen molar-refractivity contribution in [3.8, 4) is 11.3 Å². The highest BCUT2D eigenvalue weighted by molar-refractivity contribution is 5.62. The van der Waals surface area contributed by atoms with Crippen LogP contribution in [0.15, 0.2) is 36.4 Å². The quantitative estimate of drug-likeness (QED) is 0.829. The summed E-state index contributed by atoms with van der Waals surface area (Å²) in [5, 5.41) is 0. The molecule has 0 unspecified atom stereocenters. The molecular formula is C15H17FN2. The maximum Gasteiger partial charge on any atom is 0.123 e. The molecule has 18 heavy (non-hydrogen) atoms. The van der Waals surface area contributed by atoms with Crippen molar-refractivity contribution in [1.82, 2.24) is 4.98 Å². The molecule has 1 aromatic heterocycles. The predicted molar refractivity (Wildman–Crippen MR) is 72.7 cm³/mol. The first-order valence-corrected chi connectivity index (χ1v) is 5.91. The van der Waals surface area contributed by atoms with E-state index in [1.807, 2.05) is 12.1 Å². The van der Waals surface area contributed by atoms with E-state index < -0.39 is 0 Å². The number of benzene rings is 1. The van der Waals surface area contributed by atoms with Crippen LogP contribution < -0.4 is 5.73 Å². The molecule has 0 radical (unpaired) electrons. The van der Waals surface area contributed by atoms with Crippen LogP contribution in [0.5, 0.6) is 0 Å². The van der Waals surface area contributed by atoms with Crippen molar-refractivity contribution in [2.45, 2.75) is 26.2 Å². The summed E-state index contributed by atoms with van der Waals surface area (Å²) in [5.41, 5.74) is 9.10. The maximum atomic E-state index is 12.9. The van der Waals surface area contributed by atoms with Gasteiger partial charge in [-0.2, -0.15) is 0 Å². The van der Waals surface area contributed by atoms with Gasteiger partial charge in [0.25, 0.3) is 0 Å². The van der Waals surface area contributed by atoms with Crippen LogP contribution in [-0.4, -0.2) is 4.98 Å². The number of aromatic nitrogens is 1. The Kier molecular flexibility index (Phi) is 3.07. The van der Waals surface area contributed by atoms with E-state index in [1.54, 1.807) is 12.1 Å². The van der Waals surface area contributed by atoms with Gasteiger partial charge in [0.1, 0.15) is 5.82 Å². The van der Waals surface area contributed by atoms with Gasteiger partial charge in [-0.15, -0.1) is 0 Å². The third kappa shape index (κ3) is 2.50. The smallest absolute Gasteiger partial charge is 0.123 e. The lowest BCUT2D eigenvalue weighted by atomic mass is 9.90. The molecule has 1 heterocycles. The molecule has 0 saturated carbocycles. The van der Waals surface area contributed by atoms with Crippen LogP contribution in [0, 0.1) is 5.82 Å². The summed E-state index contributed by atoms with van der Waals surface area (Å²) in [6.45, 7) is 6.21.